The average Bonchev–Trinajstić information content (AvgIpc) is 3.38. The van der Waals surface area contributed by atoms with E-state index in [4.69, 9.17) is 0 Å². The van der Waals surface area contributed by atoms with E-state index >= 15 is 0 Å². The number of aryl methyl sites for hydroxylation is 1. The normalized spacial score (nSPS) is 16.8. The average molecular weight is 433 g/mol. The van der Waals surface area contributed by atoms with Crippen molar-refractivity contribution in [2.45, 2.75) is 29.7 Å². The Hall–Kier alpha value is -2.81. The minimum atomic E-state index is -4.66. The molecule has 30 heavy (non-hydrogen) atoms. The van der Waals surface area contributed by atoms with Crippen LogP contribution in [-0.2, 0) is 6.18 Å². The quantitative estimate of drug-likeness (QED) is 0.575. The van der Waals surface area contributed by atoms with E-state index in [2.05, 4.69) is 14.7 Å². The fourth-order valence-corrected chi connectivity index (χ4v) is 4.46. The zero-order valence-electron chi connectivity index (χ0n) is 16.0. The monoisotopic (exact) mass is 433 g/mol. The number of alkyl halides is 3. The first kappa shape index (κ1) is 20.5. The molecule has 4 rings (SSSR count). The van der Waals surface area contributed by atoms with Gasteiger partial charge in [-0.15, -0.1) is 11.8 Å². The Morgan fingerprint density at radius 1 is 1.20 bits per heavy atom. The molecule has 2 heterocycles. The van der Waals surface area contributed by atoms with Crippen LogP contribution >= 0.6 is 11.8 Å². The number of nitrogens with zero attached hydrogens (tertiary/aromatic N) is 3. The maximum absolute atomic E-state index is 12.7. The fourth-order valence-electron chi connectivity index (χ4n) is 3.30. The molecule has 0 spiro atoms. The Morgan fingerprint density at radius 3 is 2.63 bits per heavy atom. The van der Waals surface area contributed by atoms with Crippen molar-refractivity contribution in [2.24, 2.45) is 0 Å². The Bertz CT molecular complexity index is 1050. The number of benzene rings is 2. The van der Waals surface area contributed by atoms with Gasteiger partial charge in [0.2, 0.25) is 5.82 Å². The van der Waals surface area contributed by atoms with E-state index in [1.54, 1.807) is 23.9 Å². The summed E-state index contributed by atoms with van der Waals surface area (Å²) in [5.41, 5.74) is 2.19. The predicted molar refractivity (Wildman–Crippen MR) is 106 cm³/mol. The highest BCUT2D eigenvalue weighted by Gasteiger charge is 2.38. The van der Waals surface area contributed by atoms with Crippen LogP contribution in [0.2, 0.25) is 0 Å². The first-order chi connectivity index (χ1) is 14.3. The largest absolute Gasteiger partial charge is 0.471 e. The molecular formula is C21H18F3N3O2S. The summed E-state index contributed by atoms with van der Waals surface area (Å²) in [6.45, 7) is 3.31. The molecule has 5 nitrogen and oxygen atoms in total. The van der Waals surface area contributed by atoms with Gasteiger partial charge >= 0.3 is 12.1 Å². The summed E-state index contributed by atoms with van der Waals surface area (Å²) in [7, 11) is 0. The van der Waals surface area contributed by atoms with Crippen LogP contribution in [0.3, 0.4) is 0 Å². The highest BCUT2D eigenvalue weighted by atomic mass is 32.2. The number of hydrogen-bond donors (Lipinski definition) is 0. The standard InChI is InChI=1S/C21H18F3N3O2S/c1-13-3-2-4-15(11-13)19(28)27-10-9-17(12-27)30-16-7-5-14(6-8-16)18-25-20(29-26-18)21(22,23)24/h2-8,11,17H,9-10,12H2,1H3/t17-/m0/s1. The number of aromatic nitrogens is 2. The van der Waals surface area contributed by atoms with E-state index in [9.17, 15) is 18.0 Å². The summed E-state index contributed by atoms with van der Waals surface area (Å²) < 4.78 is 42.1. The second-order valence-corrected chi connectivity index (χ2v) is 8.47. The summed E-state index contributed by atoms with van der Waals surface area (Å²) >= 11 is 1.65. The Morgan fingerprint density at radius 2 is 1.97 bits per heavy atom. The molecular weight excluding hydrogens is 415 g/mol. The van der Waals surface area contributed by atoms with Crippen molar-refractivity contribution < 1.29 is 22.5 Å². The molecule has 1 aliphatic rings. The van der Waals surface area contributed by atoms with Crippen molar-refractivity contribution in [3.63, 3.8) is 0 Å². The fraction of sp³-hybridized carbons (Fsp3) is 0.286. The van der Waals surface area contributed by atoms with Gasteiger partial charge in [-0.2, -0.15) is 18.2 Å². The maximum Gasteiger partial charge on any atom is 0.471 e. The lowest BCUT2D eigenvalue weighted by Crippen LogP contribution is -2.29. The van der Waals surface area contributed by atoms with E-state index in [1.807, 2.05) is 48.2 Å². The van der Waals surface area contributed by atoms with E-state index < -0.39 is 12.1 Å². The van der Waals surface area contributed by atoms with E-state index in [0.29, 0.717) is 24.2 Å². The molecule has 2 aromatic carbocycles. The Labute approximate surface area is 175 Å². The summed E-state index contributed by atoms with van der Waals surface area (Å²) in [6, 6.07) is 14.5. The molecule has 3 aromatic rings. The van der Waals surface area contributed by atoms with Crippen molar-refractivity contribution in [1.82, 2.24) is 15.0 Å². The predicted octanol–water partition coefficient (Wildman–Crippen LogP) is 5.07. The maximum atomic E-state index is 12.7. The van der Waals surface area contributed by atoms with Crippen LogP contribution in [0.1, 0.15) is 28.2 Å². The van der Waals surface area contributed by atoms with E-state index in [0.717, 1.165) is 16.9 Å². The summed E-state index contributed by atoms with van der Waals surface area (Å²) in [4.78, 5) is 18.9. The molecule has 1 saturated heterocycles. The van der Waals surface area contributed by atoms with Gasteiger partial charge in [-0.05, 0) is 49.7 Å². The molecule has 0 unspecified atom stereocenters. The molecule has 9 heteroatoms. The summed E-state index contributed by atoms with van der Waals surface area (Å²) in [6.07, 6.45) is -3.78. The van der Waals surface area contributed by atoms with Crippen LogP contribution in [0.15, 0.2) is 57.9 Å². The number of amides is 1. The van der Waals surface area contributed by atoms with Gasteiger partial charge in [0.25, 0.3) is 5.91 Å². The van der Waals surface area contributed by atoms with Crippen LogP contribution in [0.4, 0.5) is 13.2 Å². The van der Waals surface area contributed by atoms with Gasteiger partial charge in [-0.25, -0.2) is 0 Å². The van der Waals surface area contributed by atoms with Crippen LogP contribution in [-0.4, -0.2) is 39.3 Å². The molecule has 1 atom stereocenters. The lowest BCUT2D eigenvalue weighted by atomic mass is 10.1. The molecule has 1 amide bonds. The molecule has 0 bridgehead atoms. The third-order valence-corrected chi connectivity index (χ3v) is 6.04. The smallest absolute Gasteiger partial charge is 0.337 e. The van der Waals surface area contributed by atoms with E-state index in [1.165, 1.54) is 0 Å². The Kier molecular flexibility index (Phi) is 5.55. The van der Waals surface area contributed by atoms with Crippen LogP contribution in [0.25, 0.3) is 11.4 Å². The minimum Gasteiger partial charge on any atom is -0.337 e. The molecule has 0 saturated carbocycles. The number of rotatable bonds is 4. The second kappa shape index (κ2) is 8.14. The third kappa shape index (κ3) is 4.51. The topological polar surface area (TPSA) is 59.2 Å². The molecule has 0 N–H and O–H groups in total. The summed E-state index contributed by atoms with van der Waals surface area (Å²) in [5, 5.41) is 3.65. The first-order valence-electron chi connectivity index (χ1n) is 9.33. The highest BCUT2D eigenvalue weighted by Crippen LogP contribution is 2.33. The van der Waals surface area contributed by atoms with Gasteiger partial charge in [-0.3, -0.25) is 4.79 Å². The number of halogens is 3. The number of hydrogen-bond acceptors (Lipinski definition) is 5. The van der Waals surface area contributed by atoms with Crippen molar-refractivity contribution in [2.75, 3.05) is 13.1 Å². The van der Waals surface area contributed by atoms with Crippen molar-refractivity contribution >= 4 is 17.7 Å². The van der Waals surface area contributed by atoms with Gasteiger partial charge in [0.05, 0.1) is 0 Å². The van der Waals surface area contributed by atoms with Gasteiger partial charge < -0.3 is 9.42 Å². The number of carbonyl (C=O) groups excluding carboxylic acids is 1. The van der Waals surface area contributed by atoms with Gasteiger partial charge in [0.15, 0.2) is 0 Å². The SMILES string of the molecule is Cc1cccc(C(=O)N2CC[C@H](Sc3ccc(-c4noc(C(F)(F)F)n4)cc3)C2)c1. The van der Waals surface area contributed by atoms with Gasteiger partial charge in [0.1, 0.15) is 0 Å². The zero-order chi connectivity index (χ0) is 21.3. The van der Waals surface area contributed by atoms with E-state index in [-0.39, 0.29) is 17.0 Å². The van der Waals surface area contributed by atoms with Crippen LogP contribution in [0, 0.1) is 6.92 Å². The molecule has 0 aliphatic carbocycles. The lowest BCUT2D eigenvalue weighted by Gasteiger charge is -2.17. The third-order valence-electron chi connectivity index (χ3n) is 4.78. The minimum absolute atomic E-state index is 0.0368. The summed E-state index contributed by atoms with van der Waals surface area (Å²) in [5.74, 6) is -1.43. The number of carbonyl (C=O) groups is 1. The Balaban J connectivity index is 1.37. The number of likely N-dealkylation sites (tertiary alicyclic amines) is 1. The van der Waals surface area contributed by atoms with Crippen LogP contribution in [0.5, 0.6) is 0 Å². The number of thioether (sulfide) groups is 1. The second-order valence-electron chi connectivity index (χ2n) is 7.09. The van der Waals surface area contributed by atoms with Crippen LogP contribution < -0.4 is 0 Å². The highest BCUT2D eigenvalue weighted by molar-refractivity contribution is 8.00. The van der Waals surface area contributed by atoms with Crippen molar-refractivity contribution in [3.8, 4) is 11.4 Å². The zero-order valence-corrected chi connectivity index (χ0v) is 16.8. The molecule has 0 radical (unpaired) electrons. The molecule has 1 aliphatic heterocycles. The molecule has 1 fully saturated rings. The first-order valence-corrected chi connectivity index (χ1v) is 10.2. The lowest BCUT2D eigenvalue weighted by molar-refractivity contribution is -0.159. The van der Waals surface area contributed by atoms with Crippen molar-refractivity contribution in [3.05, 3.63) is 65.5 Å². The van der Waals surface area contributed by atoms with Crippen molar-refractivity contribution in [1.29, 1.82) is 0 Å². The molecule has 1 aromatic heterocycles. The van der Waals surface area contributed by atoms with Gasteiger partial charge in [-0.1, -0.05) is 22.9 Å². The molecule has 156 valence electrons. The van der Waals surface area contributed by atoms with Gasteiger partial charge in [0, 0.05) is 34.4 Å².